The van der Waals surface area contributed by atoms with Crippen LogP contribution in [0.1, 0.15) is 0 Å². The van der Waals surface area contributed by atoms with Crippen molar-refractivity contribution in [2.75, 3.05) is 0 Å². The molecule has 0 aliphatic rings. The minimum absolute atomic E-state index is 0.0417. The Morgan fingerprint density at radius 3 is 1.86 bits per heavy atom. The van der Waals surface area contributed by atoms with Gasteiger partial charge in [-0.25, -0.2) is 5.43 Å². The molecule has 0 aliphatic carbocycles. The lowest BCUT2D eigenvalue weighted by Gasteiger charge is -2.00. The molecule has 2 nitrogen and oxygen atoms in total. The molecule has 0 fully saturated rings. The Hall–Kier alpha value is -0.600. The van der Waals surface area contributed by atoms with Crippen LogP contribution in [0.25, 0.3) is 0 Å². The molecule has 0 rings (SSSR count). The predicted molar refractivity (Wildman–Crippen MR) is 31.5 cm³/mol. The van der Waals surface area contributed by atoms with Crippen LogP contribution in [0.4, 0.5) is 0 Å². The fraction of sp³-hybridized carbons (Fsp3) is 0.200. The lowest BCUT2D eigenvalue weighted by Crippen LogP contribution is -2.31. The van der Waals surface area contributed by atoms with Crippen LogP contribution in [-0.2, 0) is 0 Å². The monoisotopic (exact) mass is 98.1 g/mol. The SMILES string of the molecule is C=CC(C=C)NN. The average molecular weight is 98.1 g/mol. The van der Waals surface area contributed by atoms with Gasteiger partial charge >= 0.3 is 0 Å². The molecule has 0 aromatic heterocycles. The number of hydrazine groups is 1. The molecule has 0 unspecified atom stereocenters. The van der Waals surface area contributed by atoms with Crippen molar-refractivity contribution in [3.05, 3.63) is 25.3 Å². The van der Waals surface area contributed by atoms with Crippen LogP contribution in [0.15, 0.2) is 25.3 Å². The van der Waals surface area contributed by atoms with E-state index < -0.39 is 0 Å². The normalized spacial score (nSPS) is 8.86. The van der Waals surface area contributed by atoms with E-state index >= 15 is 0 Å². The van der Waals surface area contributed by atoms with Gasteiger partial charge < -0.3 is 0 Å². The maximum atomic E-state index is 5.00. The van der Waals surface area contributed by atoms with E-state index in [2.05, 4.69) is 18.6 Å². The molecule has 2 heteroatoms. The Morgan fingerprint density at radius 2 is 1.86 bits per heavy atom. The minimum atomic E-state index is 0.0417. The third kappa shape index (κ3) is 2.14. The molecule has 7 heavy (non-hydrogen) atoms. The van der Waals surface area contributed by atoms with E-state index in [-0.39, 0.29) is 6.04 Å². The number of nitrogens with two attached hydrogens (primary N) is 1. The van der Waals surface area contributed by atoms with Gasteiger partial charge in [-0.05, 0) is 0 Å². The summed E-state index contributed by atoms with van der Waals surface area (Å²) in [5.41, 5.74) is 2.47. The second-order valence-corrected chi connectivity index (χ2v) is 1.16. The molecule has 0 aliphatic heterocycles. The molecule has 3 N–H and O–H groups in total. The van der Waals surface area contributed by atoms with Crippen molar-refractivity contribution >= 4 is 0 Å². The summed E-state index contributed by atoms with van der Waals surface area (Å²) in [4.78, 5) is 0. The molecule has 0 saturated heterocycles. The van der Waals surface area contributed by atoms with Crippen LogP contribution >= 0.6 is 0 Å². The van der Waals surface area contributed by atoms with Crippen molar-refractivity contribution in [1.82, 2.24) is 5.43 Å². The van der Waals surface area contributed by atoms with Crippen LogP contribution in [0.5, 0.6) is 0 Å². The fourth-order valence-electron chi connectivity index (χ4n) is 0.232. The minimum Gasteiger partial charge on any atom is -0.271 e. The van der Waals surface area contributed by atoms with Gasteiger partial charge in [0.2, 0.25) is 0 Å². The third-order valence-corrected chi connectivity index (χ3v) is 0.700. The van der Waals surface area contributed by atoms with Crippen LogP contribution < -0.4 is 11.3 Å². The van der Waals surface area contributed by atoms with Crippen molar-refractivity contribution in [3.63, 3.8) is 0 Å². The van der Waals surface area contributed by atoms with Gasteiger partial charge in [-0.2, -0.15) is 0 Å². The zero-order chi connectivity index (χ0) is 5.70. The first-order valence-corrected chi connectivity index (χ1v) is 2.06. The molecular weight excluding hydrogens is 88.1 g/mol. The Bertz CT molecular complexity index is 60.5. The first-order chi connectivity index (χ1) is 3.35. The van der Waals surface area contributed by atoms with Crippen LogP contribution in [0.3, 0.4) is 0 Å². The van der Waals surface area contributed by atoms with E-state index in [9.17, 15) is 0 Å². The lowest BCUT2D eigenvalue weighted by atomic mass is 10.3. The highest BCUT2D eigenvalue weighted by molar-refractivity contribution is 4.96. The van der Waals surface area contributed by atoms with Gasteiger partial charge in [0.05, 0.1) is 6.04 Å². The molecular formula is C5H10N2. The van der Waals surface area contributed by atoms with E-state index in [0.717, 1.165) is 0 Å². The number of rotatable bonds is 3. The van der Waals surface area contributed by atoms with Crippen molar-refractivity contribution in [1.29, 1.82) is 0 Å². The van der Waals surface area contributed by atoms with E-state index in [1.165, 1.54) is 0 Å². The third-order valence-electron chi connectivity index (χ3n) is 0.700. The summed E-state index contributed by atoms with van der Waals surface area (Å²) < 4.78 is 0. The largest absolute Gasteiger partial charge is 0.271 e. The molecule has 0 amide bonds. The highest BCUT2D eigenvalue weighted by Gasteiger charge is 1.86. The molecule has 0 aromatic rings. The smallest absolute Gasteiger partial charge is 0.0566 e. The number of hydrogen-bond donors (Lipinski definition) is 2. The Kier molecular flexibility index (Phi) is 3.28. The summed E-state index contributed by atoms with van der Waals surface area (Å²) in [7, 11) is 0. The van der Waals surface area contributed by atoms with Crippen LogP contribution in [0, 0.1) is 0 Å². The summed E-state index contributed by atoms with van der Waals surface area (Å²) in [6.07, 6.45) is 3.35. The summed E-state index contributed by atoms with van der Waals surface area (Å²) in [5.74, 6) is 5.00. The highest BCUT2D eigenvalue weighted by Crippen LogP contribution is 1.78. The molecule has 40 valence electrons. The highest BCUT2D eigenvalue weighted by atomic mass is 15.2. The lowest BCUT2D eigenvalue weighted by molar-refractivity contribution is 0.722. The second kappa shape index (κ2) is 3.59. The van der Waals surface area contributed by atoms with Gasteiger partial charge in [0.25, 0.3) is 0 Å². The molecule has 0 saturated carbocycles. The van der Waals surface area contributed by atoms with E-state index in [1.807, 2.05) is 0 Å². The fourth-order valence-corrected chi connectivity index (χ4v) is 0.232. The average Bonchev–Trinajstić information content (AvgIpc) is 1.72. The van der Waals surface area contributed by atoms with E-state index in [4.69, 9.17) is 5.84 Å². The molecule has 0 spiro atoms. The summed E-state index contributed by atoms with van der Waals surface area (Å²) in [5, 5.41) is 0. The predicted octanol–water partition coefficient (Wildman–Crippen LogP) is 0.190. The summed E-state index contributed by atoms with van der Waals surface area (Å²) >= 11 is 0. The Balaban J connectivity index is 3.36. The van der Waals surface area contributed by atoms with Crippen molar-refractivity contribution in [3.8, 4) is 0 Å². The van der Waals surface area contributed by atoms with Gasteiger partial charge in [-0.15, -0.1) is 13.2 Å². The van der Waals surface area contributed by atoms with Gasteiger partial charge in [0.1, 0.15) is 0 Å². The topological polar surface area (TPSA) is 38.0 Å². The second-order valence-electron chi connectivity index (χ2n) is 1.16. The van der Waals surface area contributed by atoms with E-state index in [1.54, 1.807) is 12.2 Å². The molecule has 0 heterocycles. The quantitative estimate of drug-likeness (QED) is 0.300. The zero-order valence-corrected chi connectivity index (χ0v) is 4.22. The van der Waals surface area contributed by atoms with Crippen LogP contribution in [0.2, 0.25) is 0 Å². The Morgan fingerprint density at radius 1 is 1.43 bits per heavy atom. The summed E-state index contributed by atoms with van der Waals surface area (Å²) in [6, 6.07) is 0.0417. The molecule has 0 aromatic carbocycles. The maximum Gasteiger partial charge on any atom is 0.0566 e. The molecule has 0 bridgehead atoms. The molecule has 0 atom stereocenters. The maximum absolute atomic E-state index is 5.00. The van der Waals surface area contributed by atoms with Crippen molar-refractivity contribution < 1.29 is 0 Å². The van der Waals surface area contributed by atoms with Crippen molar-refractivity contribution in [2.24, 2.45) is 5.84 Å². The van der Waals surface area contributed by atoms with Crippen molar-refractivity contribution in [2.45, 2.75) is 6.04 Å². The number of hydrogen-bond acceptors (Lipinski definition) is 2. The number of nitrogens with one attached hydrogen (secondary N) is 1. The van der Waals surface area contributed by atoms with Gasteiger partial charge in [-0.1, -0.05) is 12.2 Å². The standard InChI is InChI=1S/C5H10N2/c1-3-5(4-2)7-6/h3-5,7H,1-2,6H2. The van der Waals surface area contributed by atoms with E-state index in [0.29, 0.717) is 0 Å². The zero-order valence-electron chi connectivity index (χ0n) is 4.22. The van der Waals surface area contributed by atoms with Gasteiger partial charge in [0.15, 0.2) is 0 Å². The first-order valence-electron chi connectivity index (χ1n) is 2.06. The van der Waals surface area contributed by atoms with Gasteiger partial charge in [-0.3, -0.25) is 5.84 Å². The molecule has 0 radical (unpaired) electrons. The summed E-state index contributed by atoms with van der Waals surface area (Å²) in [6.45, 7) is 6.98. The Labute approximate surface area is 43.7 Å². The first kappa shape index (κ1) is 6.40. The van der Waals surface area contributed by atoms with Crippen LogP contribution in [-0.4, -0.2) is 6.04 Å². The van der Waals surface area contributed by atoms with Gasteiger partial charge in [0, 0.05) is 0 Å².